The number of likely N-dealkylation sites (tertiary alicyclic amines) is 1. The predicted molar refractivity (Wildman–Crippen MR) is 92.2 cm³/mol. The number of nitrogens with two attached hydrogens (primary N) is 1. The van der Waals surface area contributed by atoms with Gasteiger partial charge in [-0.3, -0.25) is 9.58 Å². The summed E-state index contributed by atoms with van der Waals surface area (Å²) in [7, 11) is 0. The summed E-state index contributed by atoms with van der Waals surface area (Å²) in [4.78, 5) is 2.56. The summed E-state index contributed by atoms with van der Waals surface area (Å²) < 4.78 is 15.4. The third kappa shape index (κ3) is 3.10. The first-order valence-corrected chi connectivity index (χ1v) is 8.95. The Morgan fingerprint density at radius 2 is 1.92 bits per heavy atom. The fourth-order valence-corrected chi connectivity index (χ4v) is 4.50. The van der Waals surface area contributed by atoms with E-state index in [1.54, 1.807) is 12.1 Å². The van der Waals surface area contributed by atoms with Gasteiger partial charge in [0.15, 0.2) is 0 Å². The van der Waals surface area contributed by atoms with E-state index in [-0.39, 0.29) is 11.9 Å². The van der Waals surface area contributed by atoms with Crippen LogP contribution in [0.3, 0.4) is 0 Å². The Labute approximate surface area is 142 Å². The van der Waals surface area contributed by atoms with Gasteiger partial charge in [0.25, 0.3) is 0 Å². The van der Waals surface area contributed by atoms with E-state index in [1.165, 1.54) is 12.0 Å². The summed E-state index contributed by atoms with van der Waals surface area (Å²) >= 11 is 0. The second kappa shape index (κ2) is 6.65. The minimum absolute atomic E-state index is 0.168. The van der Waals surface area contributed by atoms with Crippen molar-refractivity contribution >= 4 is 0 Å². The molecule has 0 spiro atoms. The molecule has 2 fully saturated rings. The lowest BCUT2D eigenvalue weighted by atomic mass is 9.97. The largest absolute Gasteiger partial charge is 0.327 e. The molecule has 1 saturated heterocycles. The number of aromatic nitrogens is 2. The Morgan fingerprint density at radius 1 is 1.12 bits per heavy atom. The fourth-order valence-electron chi connectivity index (χ4n) is 4.50. The Morgan fingerprint density at radius 3 is 2.62 bits per heavy atom. The molecule has 128 valence electrons. The minimum Gasteiger partial charge on any atom is -0.327 e. The molecule has 1 aromatic carbocycles. The lowest BCUT2D eigenvalue weighted by Gasteiger charge is -2.38. The first-order valence-electron chi connectivity index (χ1n) is 8.95. The number of benzene rings is 1. The zero-order valence-corrected chi connectivity index (χ0v) is 13.9. The van der Waals surface area contributed by atoms with Crippen molar-refractivity contribution in [1.82, 2.24) is 14.7 Å². The van der Waals surface area contributed by atoms with E-state index in [9.17, 15) is 4.39 Å². The van der Waals surface area contributed by atoms with Crippen LogP contribution in [0.4, 0.5) is 4.39 Å². The highest BCUT2D eigenvalue weighted by Gasteiger charge is 2.40. The van der Waals surface area contributed by atoms with Gasteiger partial charge in [-0.1, -0.05) is 12.1 Å². The Hall–Kier alpha value is -1.72. The van der Waals surface area contributed by atoms with E-state index in [1.807, 2.05) is 24.4 Å². The minimum atomic E-state index is -0.168. The third-order valence-electron chi connectivity index (χ3n) is 5.66. The molecule has 1 aromatic heterocycles. The summed E-state index contributed by atoms with van der Waals surface area (Å²) in [5.74, 6) is 0.280. The van der Waals surface area contributed by atoms with E-state index >= 15 is 0 Å². The third-order valence-corrected chi connectivity index (χ3v) is 5.66. The predicted octanol–water partition coefficient (Wildman–Crippen LogP) is 2.93. The van der Waals surface area contributed by atoms with Crippen LogP contribution in [0.25, 0.3) is 0 Å². The van der Waals surface area contributed by atoms with Crippen LogP contribution in [0.1, 0.15) is 43.2 Å². The smallest absolute Gasteiger partial charge is 0.123 e. The van der Waals surface area contributed by atoms with Gasteiger partial charge in [0.1, 0.15) is 5.82 Å². The number of hydrogen-bond donors (Lipinski definition) is 1. The van der Waals surface area contributed by atoms with Crippen molar-refractivity contribution in [1.29, 1.82) is 0 Å². The summed E-state index contributed by atoms with van der Waals surface area (Å²) in [6.07, 6.45) is 8.34. The Balaban J connectivity index is 1.59. The van der Waals surface area contributed by atoms with E-state index in [2.05, 4.69) is 20.9 Å². The quantitative estimate of drug-likeness (QED) is 0.942. The summed E-state index contributed by atoms with van der Waals surface area (Å²) in [5.41, 5.74) is 7.45. The molecule has 24 heavy (non-hydrogen) atoms. The van der Waals surface area contributed by atoms with Crippen molar-refractivity contribution in [3.8, 4) is 0 Å². The first kappa shape index (κ1) is 15.8. The van der Waals surface area contributed by atoms with Crippen molar-refractivity contribution in [2.75, 3.05) is 13.1 Å². The van der Waals surface area contributed by atoms with Crippen molar-refractivity contribution in [3.63, 3.8) is 0 Å². The number of piperidine rings is 1. The molecular weight excluding hydrogens is 303 g/mol. The van der Waals surface area contributed by atoms with Crippen molar-refractivity contribution in [3.05, 3.63) is 54.1 Å². The maximum atomic E-state index is 13.2. The van der Waals surface area contributed by atoms with Gasteiger partial charge in [0.2, 0.25) is 0 Å². The molecule has 0 radical (unpaired) electrons. The molecule has 1 aliphatic heterocycles. The highest BCUT2D eigenvalue weighted by Crippen LogP contribution is 2.43. The van der Waals surface area contributed by atoms with Crippen molar-refractivity contribution in [2.24, 2.45) is 5.73 Å². The molecule has 1 saturated carbocycles. The normalized spacial score (nSPS) is 31.4. The molecule has 2 aromatic rings. The molecule has 4 nitrogen and oxygen atoms in total. The molecule has 0 amide bonds. The molecule has 1 aliphatic carbocycles. The molecule has 2 N–H and O–H groups in total. The molecular formula is C19H25FN4. The average molecular weight is 328 g/mol. The fraction of sp³-hybridized carbons (Fsp3) is 0.526. The van der Waals surface area contributed by atoms with Gasteiger partial charge in [-0.2, -0.15) is 5.10 Å². The Kier molecular flexibility index (Phi) is 4.37. The van der Waals surface area contributed by atoms with Gasteiger partial charge >= 0.3 is 0 Å². The number of halogens is 1. The summed E-state index contributed by atoms with van der Waals surface area (Å²) in [5, 5.41) is 4.50. The zero-order valence-electron chi connectivity index (χ0n) is 13.9. The van der Waals surface area contributed by atoms with Gasteiger partial charge in [-0.15, -0.1) is 0 Å². The standard InChI is InChI=1S/C19H25FN4/c20-16-6-4-14(5-7-16)15-11-18(23-9-1-3-17(21)13-23)19(12-15)24-10-2-8-22-24/h2,4-8,10,15,17-19H,1,3,9,11-13,21H2. The zero-order chi connectivity index (χ0) is 16.5. The van der Waals surface area contributed by atoms with Crippen LogP contribution in [0, 0.1) is 5.82 Å². The average Bonchev–Trinajstić information content (AvgIpc) is 3.25. The molecule has 4 atom stereocenters. The maximum Gasteiger partial charge on any atom is 0.123 e. The number of nitrogens with zero attached hydrogens (tertiary/aromatic N) is 3. The number of hydrogen-bond acceptors (Lipinski definition) is 3. The lowest BCUT2D eigenvalue weighted by molar-refractivity contribution is 0.119. The van der Waals surface area contributed by atoms with Crippen molar-refractivity contribution in [2.45, 2.75) is 49.7 Å². The van der Waals surface area contributed by atoms with E-state index < -0.39 is 0 Å². The highest BCUT2D eigenvalue weighted by molar-refractivity contribution is 5.23. The van der Waals surface area contributed by atoms with Gasteiger partial charge in [-0.25, -0.2) is 4.39 Å². The van der Waals surface area contributed by atoms with Gasteiger partial charge in [0.05, 0.1) is 6.04 Å². The van der Waals surface area contributed by atoms with Gasteiger partial charge in [-0.05, 0) is 61.9 Å². The van der Waals surface area contributed by atoms with E-state index in [0.717, 1.165) is 32.4 Å². The van der Waals surface area contributed by atoms with E-state index in [0.29, 0.717) is 18.0 Å². The maximum absolute atomic E-state index is 13.2. The van der Waals surface area contributed by atoms with Crippen LogP contribution in [0.15, 0.2) is 42.7 Å². The summed E-state index contributed by atoms with van der Waals surface area (Å²) in [6.45, 7) is 2.09. The topological polar surface area (TPSA) is 47.1 Å². The van der Waals surface area contributed by atoms with Crippen LogP contribution in [0.2, 0.25) is 0 Å². The van der Waals surface area contributed by atoms with Crippen LogP contribution in [-0.4, -0.2) is 39.9 Å². The van der Waals surface area contributed by atoms with E-state index in [4.69, 9.17) is 5.73 Å². The van der Waals surface area contributed by atoms with Gasteiger partial charge in [0, 0.05) is 31.0 Å². The highest BCUT2D eigenvalue weighted by atomic mass is 19.1. The SMILES string of the molecule is NC1CCCN(C2CC(c3ccc(F)cc3)CC2n2cccn2)C1. The molecule has 2 aliphatic rings. The first-order chi connectivity index (χ1) is 11.7. The van der Waals surface area contributed by atoms with Crippen LogP contribution < -0.4 is 5.73 Å². The second-order valence-corrected chi connectivity index (χ2v) is 7.24. The van der Waals surface area contributed by atoms with Crippen LogP contribution in [0.5, 0.6) is 0 Å². The van der Waals surface area contributed by atoms with Crippen LogP contribution in [-0.2, 0) is 0 Å². The van der Waals surface area contributed by atoms with Crippen LogP contribution >= 0.6 is 0 Å². The Bertz CT molecular complexity index is 655. The lowest BCUT2D eigenvalue weighted by Crippen LogP contribution is -2.49. The molecule has 4 unspecified atom stereocenters. The van der Waals surface area contributed by atoms with Crippen molar-refractivity contribution < 1.29 is 4.39 Å². The molecule has 0 bridgehead atoms. The van der Waals surface area contributed by atoms with Gasteiger partial charge < -0.3 is 5.73 Å². The monoisotopic (exact) mass is 328 g/mol. The molecule has 5 heteroatoms. The summed E-state index contributed by atoms with van der Waals surface area (Å²) in [6, 6.07) is 10.1. The number of rotatable bonds is 3. The second-order valence-electron chi connectivity index (χ2n) is 7.24. The molecule has 2 heterocycles. The molecule has 4 rings (SSSR count).